The molecule has 5 rings (SSSR count). The number of carbonyl (C=O) groups excluding carboxylic acids is 3. The van der Waals surface area contributed by atoms with Crippen LogP contribution in [0, 0.1) is 6.92 Å². The maximum absolute atomic E-state index is 13.9. The van der Waals surface area contributed by atoms with Gasteiger partial charge in [-0.2, -0.15) is 0 Å². The summed E-state index contributed by atoms with van der Waals surface area (Å²) in [7, 11) is 1.74. The van der Waals surface area contributed by atoms with Crippen molar-refractivity contribution in [1.82, 2.24) is 14.8 Å². The molecule has 0 saturated carbocycles. The minimum absolute atomic E-state index is 0.0322. The monoisotopic (exact) mass is 630 g/mol. The number of benzene rings is 2. The van der Waals surface area contributed by atoms with Gasteiger partial charge < -0.3 is 29.2 Å². The number of ether oxygens (including phenoxy) is 2. The lowest BCUT2D eigenvalue weighted by Gasteiger charge is -2.35. The molecule has 46 heavy (non-hydrogen) atoms. The van der Waals surface area contributed by atoms with E-state index in [9.17, 15) is 14.4 Å². The average Bonchev–Trinajstić information content (AvgIpc) is 3.57. The van der Waals surface area contributed by atoms with Crippen LogP contribution in [0.25, 0.3) is 10.9 Å². The van der Waals surface area contributed by atoms with Gasteiger partial charge in [-0.15, -0.1) is 0 Å². The van der Waals surface area contributed by atoms with E-state index in [1.54, 1.807) is 7.11 Å². The van der Waals surface area contributed by atoms with E-state index < -0.39 is 17.7 Å². The second-order valence-electron chi connectivity index (χ2n) is 13.8. The molecule has 9 heteroatoms. The SMILES string of the molecule is COCCCn1c(C2CCCN(C(=O)CC(Cc3ccc(N4CCCC4=O)cc3)NC(=O)OC(C)(C)C)C2)c(C)c2ccccc21. The van der Waals surface area contributed by atoms with Crippen LogP contribution in [0.5, 0.6) is 0 Å². The molecule has 248 valence electrons. The second kappa shape index (κ2) is 14.7. The summed E-state index contributed by atoms with van der Waals surface area (Å²) < 4.78 is 13.4. The molecule has 2 unspecified atom stereocenters. The molecule has 3 heterocycles. The first-order valence-corrected chi connectivity index (χ1v) is 16.8. The standard InChI is InChI=1S/C37H50N4O5/c1-26-31-12-6-7-13-32(31)41(21-10-22-45-5)35(26)28-11-8-19-39(25-28)34(43)24-29(38-36(44)46-37(2,3)4)23-27-15-17-30(18-16-27)40-20-9-14-33(40)42/h6-7,12-13,15-18,28-29H,8-11,14,19-25H2,1-5H3,(H,38,44). The topological polar surface area (TPSA) is 93.1 Å². The fourth-order valence-electron chi connectivity index (χ4n) is 7.06. The number of fused-ring (bicyclic) bond motifs is 1. The number of amides is 3. The lowest BCUT2D eigenvalue weighted by molar-refractivity contribution is -0.133. The molecule has 0 radical (unpaired) electrons. The van der Waals surface area contributed by atoms with E-state index in [1.807, 2.05) is 54.8 Å². The molecule has 1 aromatic heterocycles. The molecular formula is C37H50N4O5. The third-order valence-electron chi connectivity index (χ3n) is 9.11. The van der Waals surface area contributed by atoms with Crippen LogP contribution < -0.4 is 10.2 Å². The Bertz CT molecular complexity index is 1520. The van der Waals surface area contributed by atoms with Gasteiger partial charge in [0.1, 0.15) is 5.60 Å². The third-order valence-corrected chi connectivity index (χ3v) is 9.11. The Hall–Kier alpha value is -3.85. The minimum atomic E-state index is -0.651. The smallest absolute Gasteiger partial charge is 0.407 e. The highest BCUT2D eigenvalue weighted by atomic mass is 16.6. The van der Waals surface area contributed by atoms with Crippen molar-refractivity contribution in [2.24, 2.45) is 0 Å². The molecule has 2 aliphatic heterocycles. The summed E-state index contributed by atoms with van der Waals surface area (Å²) in [6.07, 6.45) is 4.45. The number of aromatic nitrogens is 1. The van der Waals surface area contributed by atoms with Crippen molar-refractivity contribution in [2.45, 2.75) is 96.7 Å². The van der Waals surface area contributed by atoms with Crippen molar-refractivity contribution in [3.8, 4) is 0 Å². The summed E-state index contributed by atoms with van der Waals surface area (Å²) in [5.74, 6) is 0.406. The number of rotatable bonds is 11. The first kappa shape index (κ1) is 33.5. The fourth-order valence-corrected chi connectivity index (χ4v) is 7.06. The maximum Gasteiger partial charge on any atom is 0.407 e. The maximum atomic E-state index is 13.9. The number of likely N-dealkylation sites (tertiary alicyclic amines) is 1. The normalized spacial score (nSPS) is 17.8. The molecule has 2 saturated heterocycles. The lowest BCUT2D eigenvalue weighted by Crippen LogP contribution is -2.46. The van der Waals surface area contributed by atoms with E-state index in [-0.39, 0.29) is 24.2 Å². The predicted octanol–water partition coefficient (Wildman–Crippen LogP) is 6.35. The molecule has 0 aliphatic carbocycles. The molecule has 0 spiro atoms. The van der Waals surface area contributed by atoms with E-state index >= 15 is 0 Å². The van der Waals surface area contributed by atoms with Gasteiger partial charge >= 0.3 is 6.09 Å². The van der Waals surface area contributed by atoms with E-state index in [1.165, 1.54) is 22.2 Å². The molecule has 3 amide bonds. The molecule has 3 aromatic rings. The lowest BCUT2D eigenvalue weighted by atomic mass is 9.91. The number of para-hydroxylation sites is 1. The Morgan fingerprint density at radius 2 is 1.80 bits per heavy atom. The number of aryl methyl sites for hydroxylation is 2. The van der Waals surface area contributed by atoms with E-state index in [0.29, 0.717) is 32.5 Å². The van der Waals surface area contributed by atoms with Crippen molar-refractivity contribution >= 4 is 34.5 Å². The van der Waals surface area contributed by atoms with Crippen LogP contribution in [0.3, 0.4) is 0 Å². The van der Waals surface area contributed by atoms with E-state index in [4.69, 9.17) is 9.47 Å². The molecule has 2 atom stereocenters. The van der Waals surface area contributed by atoms with Crippen molar-refractivity contribution in [1.29, 1.82) is 0 Å². The quantitative estimate of drug-likeness (QED) is 0.250. The third kappa shape index (κ3) is 8.10. The minimum Gasteiger partial charge on any atom is -0.444 e. The molecule has 2 aromatic carbocycles. The van der Waals surface area contributed by atoms with Crippen LogP contribution in [0.4, 0.5) is 10.5 Å². The van der Waals surface area contributed by atoms with Crippen LogP contribution in [0.15, 0.2) is 48.5 Å². The van der Waals surface area contributed by atoms with Gasteiger partial charge in [-0.25, -0.2) is 4.79 Å². The molecule has 9 nitrogen and oxygen atoms in total. The zero-order chi connectivity index (χ0) is 32.8. The number of carbonyl (C=O) groups is 3. The largest absolute Gasteiger partial charge is 0.444 e. The summed E-state index contributed by atoms with van der Waals surface area (Å²) in [4.78, 5) is 42.8. The fraction of sp³-hybridized carbons (Fsp3) is 0.541. The van der Waals surface area contributed by atoms with Crippen molar-refractivity contribution in [2.75, 3.05) is 38.3 Å². The first-order valence-electron chi connectivity index (χ1n) is 16.8. The molecule has 0 bridgehead atoms. The van der Waals surface area contributed by atoms with Crippen LogP contribution in [0.1, 0.15) is 82.0 Å². The number of nitrogens with one attached hydrogen (secondary N) is 1. The summed E-state index contributed by atoms with van der Waals surface area (Å²) >= 11 is 0. The van der Waals surface area contributed by atoms with Gasteiger partial charge in [0.25, 0.3) is 0 Å². The van der Waals surface area contributed by atoms with Gasteiger partial charge in [-0.3, -0.25) is 9.59 Å². The Morgan fingerprint density at radius 3 is 2.50 bits per heavy atom. The first-order chi connectivity index (χ1) is 22.0. The van der Waals surface area contributed by atoms with E-state index in [0.717, 1.165) is 50.0 Å². The van der Waals surface area contributed by atoms with Crippen LogP contribution in [0.2, 0.25) is 0 Å². The van der Waals surface area contributed by atoms with Crippen LogP contribution in [-0.2, 0) is 32.0 Å². The molecule has 1 N–H and O–H groups in total. The Kier molecular flexibility index (Phi) is 10.7. The van der Waals surface area contributed by atoms with E-state index in [2.05, 4.69) is 41.1 Å². The summed E-state index contributed by atoms with van der Waals surface area (Å²) in [6, 6.07) is 16.0. The number of anilines is 1. The Morgan fingerprint density at radius 1 is 1.04 bits per heavy atom. The van der Waals surface area contributed by atoms with Crippen molar-refractivity contribution in [3.05, 3.63) is 65.4 Å². The highest BCUT2D eigenvalue weighted by Gasteiger charge is 2.31. The number of nitrogens with zero attached hydrogens (tertiary/aromatic N) is 3. The van der Waals surface area contributed by atoms with Crippen molar-refractivity contribution < 1.29 is 23.9 Å². The van der Waals surface area contributed by atoms with Gasteiger partial charge in [-0.1, -0.05) is 30.3 Å². The number of hydrogen-bond acceptors (Lipinski definition) is 5. The van der Waals surface area contributed by atoms with Gasteiger partial charge in [0.2, 0.25) is 11.8 Å². The number of alkyl carbamates (subject to hydrolysis) is 1. The number of hydrogen-bond donors (Lipinski definition) is 1. The molecular weight excluding hydrogens is 580 g/mol. The molecule has 2 fully saturated rings. The van der Waals surface area contributed by atoms with Gasteiger partial charge in [0, 0.05) is 87.0 Å². The van der Waals surface area contributed by atoms with Gasteiger partial charge in [0.05, 0.1) is 0 Å². The zero-order valence-corrected chi connectivity index (χ0v) is 28.1. The molecule has 2 aliphatic rings. The highest BCUT2D eigenvalue weighted by molar-refractivity contribution is 5.95. The van der Waals surface area contributed by atoms with Gasteiger partial charge in [-0.05, 0) is 89.1 Å². The number of piperidine rings is 1. The number of methoxy groups -OCH3 is 1. The highest BCUT2D eigenvalue weighted by Crippen LogP contribution is 2.36. The Balaban J connectivity index is 1.32. The van der Waals surface area contributed by atoms with Gasteiger partial charge in [0.15, 0.2) is 0 Å². The second-order valence-corrected chi connectivity index (χ2v) is 13.8. The van der Waals surface area contributed by atoms with Crippen molar-refractivity contribution in [3.63, 3.8) is 0 Å². The van der Waals surface area contributed by atoms with Crippen LogP contribution in [-0.4, -0.2) is 72.4 Å². The summed E-state index contributed by atoms with van der Waals surface area (Å²) in [6.45, 7) is 11.4. The Labute approximate surface area is 273 Å². The summed E-state index contributed by atoms with van der Waals surface area (Å²) in [5, 5.41) is 4.25. The zero-order valence-electron chi connectivity index (χ0n) is 28.1. The van der Waals surface area contributed by atoms with Crippen LogP contribution >= 0.6 is 0 Å². The summed E-state index contributed by atoms with van der Waals surface area (Å²) in [5.41, 5.74) is 5.05. The average molecular weight is 631 g/mol. The predicted molar refractivity (Wildman–Crippen MR) is 181 cm³/mol.